The Labute approximate surface area is 144 Å². The van der Waals surface area contributed by atoms with Crippen LogP contribution >= 0.6 is 0 Å². The summed E-state index contributed by atoms with van der Waals surface area (Å²) in [5.41, 5.74) is 1.38. The maximum Gasteiger partial charge on any atom is 0.306 e. The molecule has 4 nitrogen and oxygen atoms in total. The van der Waals surface area contributed by atoms with Gasteiger partial charge >= 0.3 is 11.9 Å². The first-order valence-electron chi connectivity index (χ1n) is 7.83. The van der Waals surface area contributed by atoms with Gasteiger partial charge in [-0.1, -0.05) is 24.3 Å². The molecule has 0 saturated carbocycles. The molecule has 0 spiro atoms. The second-order valence-electron chi connectivity index (χ2n) is 5.43. The zero-order valence-electron chi connectivity index (χ0n) is 13.5. The van der Waals surface area contributed by atoms with E-state index in [1.54, 1.807) is 0 Å². The topological polar surface area (TPSA) is 52.6 Å². The monoisotopic (exact) mass is 348 g/mol. The molecule has 2 aromatic carbocycles. The minimum atomic E-state index is -0.435. The van der Waals surface area contributed by atoms with Crippen LogP contribution in [0.15, 0.2) is 48.5 Å². The maximum atomic E-state index is 12.7. The number of rotatable bonds is 8. The van der Waals surface area contributed by atoms with Gasteiger partial charge < -0.3 is 9.47 Å². The van der Waals surface area contributed by atoms with Crippen LogP contribution in [-0.2, 0) is 32.3 Å². The molecule has 0 aromatic heterocycles. The molecule has 0 aliphatic heterocycles. The summed E-state index contributed by atoms with van der Waals surface area (Å²) in [6.45, 7) is 0.127. The summed E-state index contributed by atoms with van der Waals surface area (Å²) in [6.07, 6.45) is 0.490. The number of ether oxygens (including phenoxy) is 2. The number of carbonyl (C=O) groups is 2. The van der Waals surface area contributed by atoms with Crippen LogP contribution in [0, 0.1) is 11.6 Å². The number of carbonyl (C=O) groups excluding carboxylic acids is 2. The van der Waals surface area contributed by atoms with E-state index >= 15 is 0 Å². The van der Waals surface area contributed by atoms with E-state index in [1.807, 2.05) is 0 Å². The van der Waals surface area contributed by atoms with Crippen molar-refractivity contribution < 1.29 is 27.8 Å². The normalized spacial score (nSPS) is 10.3. The first kappa shape index (κ1) is 18.6. The first-order chi connectivity index (χ1) is 12.0. The summed E-state index contributed by atoms with van der Waals surface area (Å²) in [6, 6.07) is 11.3. The van der Waals surface area contributed by atoms with Gasteiger partial charge in [0, 0.05) is 12.8 Å². The molecule has 0 heterocycles. The Morgan fingerprint density at radius 1 is 0.680 bits per heavy atom. The van der Waals surface area contributed by atoms with Crippen molar-refractivity contribution in [3.8, 4) is 0 Å². The second kappa shape index (κ2) is 9.52. The van der Waals surface area contributed by atoms with Gasteiger partial charge in [-0.2, -0.15) is 0 Å². The van der Waals surface area contributed by atoms with Crippen LogP contribution in [-0.4, -0.2) is 11.9 Å². The third kappa shape index (κ3) is 7.12. The van der Waals surface area contributed by atoms with Crippen molar-refractivity contribution in [1.29, 1.82) is 0 Å². The quantitative estimate of drug-likeness (QED) is 0.679. The van der Waals surface area contributed by atoms with Gasteiger partial charge in [-0.3, -0.25) is 9.59 Å². The van der Waals surface area contributed by atoms with E-state index in [0.29, 0.717) is 17.5 Å². The van der Waals surface area contributed by atoms with Crippen LogP contribution < -0.4 is 0 Å². The average Bonchev–Trinajstić information content (AvgIpc) is 2.61. The zero-order chi connectivity index (χ0) is 18.1. The minimum absolute atomic E-state index is 0.0636. The lowest BCUT2D eigenvalue weighted by Gasteiger charge is -2.06. The van der Waals surface area contributed by atoms with Gasteiger partial charge in [0.05, 0.1) is 0 Å². The fourth-order valence-corrected chi connectivity index (χ4v) is 2.01. The van der Waals surface area contributed by atoms with Crippen molar-refractivity contribution in [2.75, 3.05) is 0 Å². The molecule has 0 N–H and O–H groups in total. The molecule has 0 unspecified atom stereocenters. The molecule has 2 rings (SSSR count). The highest BCUT2D eigenvalue weighted by Gasteiger charge is 2.08. The summed E-state index contributed by atoms with van der Waals surface area (Å²) in [5.74, 6) is -1.57. The van der Waals surface area contributed by atoms with Gasteiger partial charge in [0.2, 0.25) is 0 Å². The lowest BCUT2D eigenvalue weighted by molar-refractivity contribution is -0.146. The Hall–Kier alpha value is -2.76. The Balaban J connectivity index is 1.59. The highest BCUT2D eigenvalue weighted by Crippen LogP contribution is 2.08. The molecule has 0 radical (unpaired) electrons. The Kier molecular flexibility index (Phi) is 7.07. The minimum Gasteiger partial charge on any atom is -0.461 e. The Morgan fingerprint density at radius 3 is 1.40 bits per heavy atom. The van der Waals surface area contributed by atoms with Crippen LogP contribution in [0.3, 0.4) is 0 Å². The maximum absolute atomic E-state index is 12.7. The molecule has 0 amide bonds. The molecule has 0 saturated heterocycles. The van der Waals surface area contributed by atoms with Gasteiger partial charge in [-0.25, -0.2) is 8.78 Å². The van der Waals surface area contributed by atoms with Crippen LogP contribution in [0.5, 0.6) is 0 Å². The highest BCUT2D eigenvalue weighted by atomic mass is 19.1. The molecule has 0 bridgehead atoms. The van der Waals surface area contributed by atoms with Gasteiger partial charge in [-0.05, 0) is 41.8 Å². The van der Waals surface area contributed by atoms with Crippen LogP contribution in [0.25, 0.3) is 0 Å². The summed E-state index contributed by atoms with van der Waals surface area (Å²) in [4.78, 5) is 23.2. The summed E-state index contributed by atoms with van der Waals surface area (Å²) < 4.78 is 35.6. The molecule has 2 aromatic rings. The largest absolute Gasteiger partial charge is 0.461 e. The predicted octanol–water partition coefficient (Wildman–Crippen LogP) is 3.92. The Bertz CT molecular complexity index is 635. The van der Waals surface area contributed by atoms with E-state index in [1.165, 1.54) is 48.5 Å². The second-order valence-corrected chi connectivity index (χ2v) is 5.43. The molecule has 132 valence electrons. The van der Waals surface area contributed by atoms with E-state index in [2.05, 4.69) is 0 Å². The molecule has 6 heteroatoms. The molecular weight excluding hydrogens is 330 g/mol. The highest BCUT2D eigenvalue weighted by molar-refractivity contribution is 5.72. The van der Waals surface area contributed by atoms with Crippen molar-refractivity contribution >= 4 is 11.9 Å². The van der Waals surface area contributed by atoms with Gasteiger partial charge in [0.15, 0.2) is 0 Å². The fraction of sp³-hybridized carbons (Fsp3) is 0.263. The van der Waals surface area contributed by atoms with Gasteiger partial charge in [0.1, 0.15) is 24.8 Å². The fourth-order valence-electron chi connectivity index (χ4n) is 2.01. The van der Waals surface area contributed by atoms with Crippen molar-refractivity contribution in [3.05, 3.63) is 71.3 Å². The van der Waals surface area contributed by atoms with E-state index in [9.17, 15) is 18.4 Å². The lowest BCUT2D eigenvalue weighted by Crippen LogP contribution is -2.08. The molecule has 0 aliphatic carbocycles. The lowest BCUT2D eigenvalue weighted by atomic mass is 10.2. The number of esters is 2. The SMILES string of the molecule is O=C(CCCC(=O)OCc1ccc(F)cc1)OCc1ccc(F)cc1. The number of halogens is 2. The third-order valence-electron chi connectivity index (χ3n) is 3.39. The van der Waals surface area contributed by atoms with E-state index in [0.717, 1.165) is 0 Å². The summed E-state index contributed by atoms with van der Waals surface area (Å²) in [5, 5.41) is 0. The van der Waals surface area contributed by atoms with E-state index < -0.39 is 11.9 Å². The van der Waals surface area contributed by atoms with Crippen molar-refractivity contribution in [1.82, 2.24) is 0 Å². The number of benzene rings is 2. The van der Waals surface area contributed by atoms with E-state index in [4.69, 9.17) is 9.47 Å². The summed E-state index contributed by atoms with van der Waals surface area (Å²) >= 11 is 0. The smallest absolute Gasteiger partial charge is 0.306 e. The molecule has 0 atom stereocenters. The third-order valence-corrected chi connectivity index (χ3v) is 3.39. The first-order valence-corrected chi connectivity index (χ1v) is 7.83. The van der Waals surface area contributed by atoms with E-state index in [-0.39, 0.29) is 37.7 Å². The molecular formula is C19H18F2O4. The van der Waals surface area contributed by atoms with Gasteiger partial charge in [-0.15, -0.1) is 0 Å². The van der Waals surface area contributed by atoms with Crippen LogP contribution in [0.2, 0.25) is 0 Å². The van der Waals surface area contributed by atoms with Crippen molar-refractivity contribution in [2.45, 2.75) is 32.5 Å². The average molecular weight is 348 g/mol. The standard InChI is InChI=1S/C19H18F2O4/c20-16-8-4-14(5-9-16)12-24-18(22)2-1-3-19(23)25-13-15-6-10-17(21)11-7-15/h4-11H,1-3,12-13H2. The molecule has 0 fully saturated rings. The van der Waals surface area contributed by atoms with Crippen molar-refractivity contribution in [3.63, 3.8) is 0 Å². The van der Waals surface area contributed by atoms with Crippen LogP contribution in [0.4, 0.5) is 8.78 Å². The number of hydrogen-bond acceptors (Lipinski definition) is 4. The molecule has 25 heavy (non-hydrogen) atoms. The van der Waals surface area contributed by atoms with Gasteiger partial charge in [0.25, 0.3) is 0 Å². The zero-order valence-corrected chi connectivity index (χ0v) is 13.5. The number of hydrogen-bond donors (Lipinski definition) is 0. The summed E-state index contributed by atoms with van der Waals surface area (Å²) in [7, 11) is 0. The van der Waals surface area contributed by atoms with Crippen LogP contribution in [0.1, 0.15) is 30.4 Å². The molecule has 0 aliphatic rings. The predicted molar refractivity (Wildman–Crippen MR) is 86.2 cm³/mol. The Morgan fingerprint density at radius 2 is 1.04 bits per heavy atom. The van der Waals surface area contributed by atoms with Crippen molar-refractivity contribution in [2.24, 2.45) is 0 Å².